The number of pyridine rings is 1. The molecule has 0 fully saturated rings. The van der Waals surface area contributed by atoms with E-state index in [0.29, 0.717) is 12.5 Å². The van der Waals surface area contributed by atoms with Gasteiger partial charge in [0, 0.05) is 38.2 Å². The van der Waals surface area contributed by atoms with Crippen molar-refractivity contribution in [2.45, 2.75) is 19.5 Å². The van der Waals surface area contributed by atoms with Crippen LogP contribution in [-0.2, 0) is 19.5 Å². The Morgan fingerprint density at radius 1 is 0.958 bits per heavy atom. The van der Waals surface area contributed by atoms with E-state index in [0.717, 1.165) is 30.9 Å². The zero-order valence-corrected chi connectivity index (χ0v) is 13.4. The summed E-state index contributed by atoms with van der Waals surface area (Å²) in [5.41, 5.74) is 3.98. The lowest BCUT2D eigenvalue weighted by Crippen LogP contribution is -2.31. The van der Waals surface area contributed by atoms with E-state index in [1.807, 2.05) is 24.4 Å². The first-order valence-electron chi connectivity index (χ1n) is 8.16. The molecule has 1 aromatic carbocycles. The number of anilines is 2. The van der Waals surface area contributed by atoms with Crippen molar-refractivity contribution in [2.24, 2.45) is 0 Å². The molecule has 0 amide bonds. The quantitative estimate of drug-likeness (QED) is 0.801. The van der Waals surface area contributed by atoms with E-state index in [4.69, 9.17) is 0 Å². The topological polar surface area (TPSA) is 53.9 Å². The van der Waals surface area contributed by atoms with Crippen LogP contribution in [0.2, 0.25) is 0 Å². The maximum atomic E-state index is 4.67. The van der Waals surface area contributed by atoms with Crippen LogP contribution in [-0.4, -0.2) is 21.5 Å². The van der Waals surface area contributed by atoms with E-state index >= 15 is 0 Å². The second-order valence-corrected chi connectivity index (χ2v) is 5.89. The van der Waals surface area contributed by atoms with Crippen molar-refractivity contribution in [1.29, 1.82) is 0 Å². The van der Waals surface area contributed by atoms with E-state index in [-0.39, 0.29) is 0 Å². The number of hydrogen-bond donors (Lipinski definition) is 1. The Kier molecular flexibility index (Phi) is 4.06. The van der Waals surface area contributed by atoms with Gasteiger partial charge in [-0.3, -0.25) is 4.98 Å². The lowest BCUT2D eigenvalue weighted by molar-refractivity contribution is 0.719. The van der Waals surface area contributed by atoms with Gasteiger partial charge in [-0.1, -0.05) is 24.3 Å². The highest BCUT2D eigenvalue weighted by atomic mass is 15.2. The number of benzene rings is 1. The van der Waals surface area contributed by atoms with Gasteiger partial charge in [-0.05, 0) is 41.3 Å². The minimum Gasteiger partial charge on any atom is -0.352 e. The summed E-state index contributed by atoms with van der Waals surface area (Å²) < 4.78 is 0. The van der Waals surface area contributed by atoms with Crippen LogP contribution in [0.1, 0.15) is 16.7 Å². The predicted octanol–water partition coefficient (Wildman–Crippen LogP) is 3.05. The van der Waals surface area contributed by atoms with Crippen molar-refractivity contribution >= 4 is 11.8 Å². The summed E-state index contributed by atoms with van der Waals surface area (Å²) in [6, 6.07) is 14.6. The molecule has 0 spiro atoms. The fourth-order valence-corrected chi connectivity index (χ4v) is 2.98. The number of fused-ring (bicyclic) bond motifs is 1. The summed E-state index contributed by atoms with van der Waals surface area (Å²) in [6.45, 7) is 2.57. The largest absolute Gasteiger partial charge is 0.352 e. The minimum atomic E-state index is 0.656. The normalized spacial score (nSPS) is 13.4. The van der Waals surface area contributed by atoms with Crippen molar-refractivity contribution in [3.05, 3.63) is 77.7 Å². The monoisotopic (exact) mass is 317 g/mol. The summed E-state index contributed by atoms with van der Waals surface area (Å²) in [4.78, 5) is 15.3. The SMILES string of the molecule is c1ccc2c(c1)CCN(c1ccnc(NCc3ccncc3)n1)C2. The molecule has 3 heterocycles. The molecule has 5 heteroatoms. The molecule has 0 bridgehead atoms. The molecule has 1 aliphatic rings. The van der Waals surface area contributed by atoms with Crippen LogP contribution in [0.3, 0.4) is 0 Å². The zero-order valence-electron chi connectivity index (χ0n) is 13.4. The Hall–Kier alpha value is -2.95. The van der Waals surface area contributed by atoms with Gasteiger partial charge < -0.3 is 10.2 Å². The van der Waals surface area contributed by atoms with Crippen LogP contribution in [0.25, 0.3) is 0 Å². The molecular weight excluding hydrogens is 298 g/mol. The molecule has 0 aliphatic carbocycles. The molecule has 0 radical (unpaired) electrons. The van der Waals surface area contributed by atoms with Crippen LogP contribution in [0.15, 0.2) is 61.1 Å². The number of nitrogens with one attached hydrogen (secondary N) is 1. The van der Waals surface area contributed by atoms with Crippen LogP contribution >= 0.6 is 0 Å². The van der Waals surface area contributed by atoms with E-state index in [9.17, 15) is 0 Å². The van der Waals surface area contributed by atoms with Crippen LogP contribution < -0.4 is 10.2 Å². The Bertz CT molecular complexity index is 819. The van der Waals surface area contributed by atoms with Crippen LogP contribution in [0, 0.1) is 0 Å². The second kappa shape index (κ2) is 6.66. The van der Waals surface area contributed by atoms with Crippen molar-refractivity contribution in [2.75, 3.05) is 16.8 Å². The van der Waals surface area contributed by atoms with Crippen molar-refractivity contribution in [3.8, 4) is 0 Å². The Labute approximate surface area is 141 Å². The standard InChI is InChI=1S/C19H19N5/c1-2-4-17-14-24(12-8-16(17)3-1)18-7-11-21-19(23-18)22-13-15-5-9-20-10-6-15/h1-7,9-11H,8,12-14H2,(H,21,22,23). The Morgan fingerprint density at radius 2 is 1.79 bits per heavy atom. The molecule has 2 aromatic heterocycles. The summed E-state index contributed by atoms with van der Waals surface area (Å²) in [7, 11) is 0. The number of nitrogens with zero attached hydrogens (tertiary/aromatic N) is 4. The van der Waals surface area contributed by atoms with Crippen LogP contribution in [0.5, 0.6) is 0 Å². The average molecular weight is 317 g/mol. The molecule has 120 valence electrons. The van der Waals surface area contributed by atoms with E-state index in [1.165, 1.54) is 11.1 Å². The van der Waals surface area contributed by atoms with Gasteiger partial charge in [0.25, 0.3) is 0 Å². The maximum absolute atomic E-state index is 4.67. The Morgan fingerprint density at radius 3 is 2.67 bits per heavy atom. The highest BCUT2D eigenvalue weighted by Gasteiger charge is 2.17. The summed E-state index contributed by atoms with van der Waals surface area (Å²) in [5.74, 6) is 1.62. The van der Waals surface area contributed by atoms with E-state index in [2.05, 4.69) is 49.4 Å². The molecular formula is C19H19N5. The molecule has 1 N–H and O–H groups in total. The highest BCUT2D eigenvalue weighted by Crippen LogP contribution is 2.23. The zero-order chi connectivity index (χ0) is 16.2. The molecule has 24 heavy (non-hydrogen) atoms. The molecule has 0 saturated carbocycles. The summed E-state index contributed by atoms with van der Waals surface area (Å²) in [6.07, 6.45) is 6.45. The van der Waals surface area contributed by atoms with Crippen molar-refractivity contribution in [1.82, 2.24) is 15.0 Å². The lowest BCUT2D eigenvalue weighted by Gasteiger charge is -2.29. The van der Waals surface area contributed by atoms with Gasteiger partial charge >= 0.3 is 0 Å². The Balaban J connectivity index is 1.47. The average Bonchev–Trinajstić information content (AvgIpc) is 2.67. The fourth-order valence-electron chi connectivity index (χ4n) is 2.98. The molecule has 0 unspecified atom stereocenters. The molecule has 3 aromatic rings. The number of rotatable bonds is 4. The fraction of sp³-hybridized carbons (Fsp3) is 0.211. The molecule has 4 rings (SSSR count). The predicted molar refractivity (Wildman–Crippen MR) is 94.8 cm³/mol. The summed E-state index contributed by atoms with van der Waals surface area (Å²) >= 11 is 0. The highest BCUT2D eigenvalue weighted by molar-refractivity contribution is 5.46. The first-order valence-corrected chi connectivity index (χ1v) is 8.16. The van der Waals surface area contributed by atoms with Gasteiger partial charge in [0.1, 0.15) is 5.82 Å². The molecule has 0 saturated heterocycles. The van der Waals surface area contributed by atoms with E-state index < -0.39 is 0 Å². The van der Waals surface area contributed by atoms with Gasteiger partial charge in [0.15, 0.2) is 0 Å². The van der Waals surface area contributed by atoms with Gasteiger partial charge in [-0.15, -0.1) is 0 Å². The third-order valence-electron chi connectivity index (χ3n) is 4.30. The first-order chi connectivity index (χ1) is 11.9. The first kappa shape index (κ1) is 14.6. The van der Waals surface area contributed by atoms with Crippen molar-refractivity contribution < 1.29 is 0 Å². The molecule has 1 aliphatic heterocycles. The maximum Gasteiger partial charge on any atom is 0.224 e. The smallest absolute Gasteiger partial charge is 0.224 e. The number of aromatic nitrogens is 3. The molecule has 0 atom stereocenters. The third-order valence-corrected chi connectivity index (χ3v) is 4.30. The third kappa shape index (κ3) is 3.20. The van der Waals surface area contributed by atoms with Gasteiger partial charge in [-0.2, -0.15) is 4.98 Å². The van der Waals surface area contributed by atoms with Gasteiger partial charge in [-0.25, -0.2) is 4.98 Å². The van der Waals surface area contributed by atoms with E-state index in [1.54, 1.807) is 12.4 Å². The lowest BCUT2D eigenvalue weighted by atomic mass is 10.00. The number of hydrogen-bond acceptors (Lipinski definition) is 5. The minimum absolute atomic E-state index is 0.656. The van der Waals surface area contributed by atoms with Gasteiger partial charge in [0.05, 0.1) is 0 Å². The second-order valence-electron chi connectivity index (χ2n) is 5.89. The van der Waals surface area contributed by atoms with Crippen LogP contribution in [0.4, 0.5) is 11.8 Å². The van der Waals surface area contributed by atoms with Gasteiger partial charge in [0.2, 0.25) is 5.95 Å². The van der Waals surface area contributed by atoms with Crippen molar-refractivity contribution in [3.63, 3.8) is 0 Å². The summed E-state index contributed by atoms with van der Waals surface area (Å²) in [5, 5.41) is 3.28. The molecule has 5 nitrogen and oxygen atoms in total.